The number of nitrogens with zero attached hydrogens (tertiary/aromatic N) is 1. The first-order chi connectivity index (χ1) is 13.9. The summed E-state index contributed by atoms with van der Waals surface area (Å²) in [6, 6.07) is 18.3. The van der Waals surface area contributed by atoms with Crippen LogP contribution in [0.4, 0.5) is 5.69 Å². The number of nitrogens with one attached hydrogen (secondary N) is 1. The van der Waals surface area contributed by atoms with Crippen molar-refractivity contribution in [3.63, 3.8) is 0 Å². The number of ketones is 1. The monoisotopic (exact) mass is 390 g/mol. The number of amides is 1. The number of para-hydroxylation sites is 2. The molecule has 6 heteroatoms. The van der Waals surface area contributed by atoms with Crippen LogP contribution in [0.2, 0.25) is 0 Å². The summed E-state index contributed by atoms with van der Waals surface area (Å²) >= 11 is 0. The SMILES string of the molecule is CC(=O)c1ccccc1NC(=O)C(C)OC(=O)CCc1ccc2ccccc2n1. The van der Waals surface area contributed by atoms with Gasteiger partial charge in [-0.1, -0.05) is 36.4 Å². The summed E-state index contributed by atoms with van der Waals surface area (Å²) in [7, 11) is 0. The third kappa shape index (κ3) is 5.25. The number of hydrogen-bond acceptors (Lipinski definition) is 5. The predicted octanol–water partition coefficient (Wildman–Crippen LogP) is 3.94. The molecule has 6 nitrogen and oxygen atoms in total. The van der Waals surface area contributed by atoms with E-state index in [1.54, 1.807) is 24.3 Å². The van der Waals surface area contributed by atoms with E-state index in [2.05, 4.69) is 10.3 Å². The number of Topliss-reactive ketones (excluding diaryl/α,β-unsaturated/α-hetero) is 1. The molecule has 0 spiro atoms. The van der Waals surface area contributed by atoms with Crippen LogP contribution in [-0.4, -0.2) is 28.7 Å². The van der Waals surface area contributed by atoms with Gasteiger partial charge in [-0.15, -0.1) is 0 Å². The van der Waals surface area contributed by atoms with E-state index >= 15 is 0 Å². The molecule has 0 saturated heterocycles. The van der Waals surface area contributed by atoms with Crippen molar-refractivity contribution in [2.45, 2.75) is 32.8 Å². The van der Waals surface area contributed by atoms with Crippen LogP contribution in [0.3, 0.4) is 0 Å². The molecule has 1 unspecified atom stereocenters. The predicted molar refractivity (Wildman–Crippen MR) is 111 cm³/mol. The Morgan fingerprint density at radius 2 is 1.72 bits per heavy atom. The molecule has 0 aliphatic rings. The van der Waals surface area contributed by atoms with Crippen LogP contribution < -0.4 is 5.32 Å². The van der Waals surface area contributed by atoms with Gasteiger partial charge in [0.2, 0.25) is 0 Å². The topological polar surface area (TPSA) is 85.4 Å². The van der Waals surface area contributed by atoms with Gasteiger partial charge < -0.3 is 10.1 Å². The molecule has 148 valence electrons. The highest BCUT2D eigenvalue weighted by Crippen LogP contribution is 2.16. The molecule has 0 aliphatic carbocycles. The number of rotatable bonds is 7. The standard InChI is InChI=1S/C23H22N2O4/c1-15(26)19-8-4-6-10-21(19)25-23(28)16(2)29-22(27)14-13-18-12-11-17-7-3-5-9-20(17)24-18/h3-12,16H,13-14H2,1-2H3,(H,25,28). The van der Waals surface area contributed by atoms with Gasteiger partial charge >= 0.3 is 5.97 Å². The van der Waals surface area contributed by atoms with E-state index in [9.17, 15) is 14.4 Å². The fourth-order valence-electron chi connectivity index (χ4n) is 2.92. The van der Waals surface area contributed by atoms with Crippen molar-refractivity contribution in [3.05, 3.63) is 71.9 Å². The Balaban J connectivity index is 1.54. The first-order valence-corrected chi connectivity index (χ1v) is 9.39. The summed E-state index contributed by atoms with van der Waals surface area (Å²) in [5.74, 6) is -1.13. The van der Waals surface area contributed by atoms with Crippen molar-refractivity contribution >= 4 is 34.3 Å². The third-order valence-electron chi connectivity index (χ3n) is 4.48. The van der Waals surface area contributed by atoms with E-state index in [0.29, 0.717) is 17.7 Å². The highest BCUT2D eigenvalue weighted by molar-refractivity contribution is 6.04. The van der Waals surface area contributed by atoms with Crippen LogP contribution in [0.25, 0.3) is 10.9 Å². The number of carbonyl (C=O) groups is 3. The fourth-order valence-corrected chi connectivity index (χ4v) is 2.92. The minimum atomic E-state index is -0.980. The first kappa shape index (κ1) is 20.2. The smallest absolute Gasteiger partial charge is 0.306 e. The fraction of sp³-hybridized carbons (Fsp3) is 0.217. The molecule has 0 aliphatic heterocycles. The summed E-state index contributed by atoms with van der Waals surface area (Å²) in [5.41, 5.74) is 2.46. The molecule has 2 aromatic carbocycles. The van der Waals surface area contributed by atoms with Gasteiger partial charge in [-0.3, -0.25) is 19.4 Å². The minimum absolute atomic E-state index is 0.118. The van der Waals surface area contributed by atoms with Crippen molar-refractivity contribution in [3.8, 4) is 0 Å². The van der Waals surface area contributed by atoms with Crippen LogP contribution >= 0.6 is 0 Å². The second kappa shape index (κ2) is 9.10. The zero-order valence-electron chi connectivity index (χ0n) is 16.3. The summed E-state index contributed by atoms with van der Waals surface area (Å²) in [5, 5.41) is 3.68. The second-order valence-corrected chi connectivity index (χ2v) is 6.72. The molecule has 0 bridgehead atoms. The lowest BCUT2D eigenvalue weighted by molar-refractivity contribution is -0.153. The molecule has 1 aromatic heterocycles. The maximum absolute atomic E-state index is 12.3. The Hall–Kier alpha value is -3.54. The molecular weight excluding hydrogens is 368 g/mol. The van der Waals surface area contributed by atoms with E-state index in [-0.39, 0.29) is 12.2 Å². The number of hydrogen-bond donors (Lipinski definition) is 1. The molecule has 1 N–H and O–H groups in total. The lowest BCUT2D eigenvalue weighted by Gasteiger charge is -2.15. The average Bonchev–Trinajstić information content (AvgIpc) is 2.72. The highest BCUT2D eigenvalue weighted by atomic mass is 16.5. The number of ether oxygens (including phenoxy) is 1. The molecule has 0 saturated carbocycles. The van der Waals surface area contributed by atoms with Crippen molar-refractivity contribution in [2.75, 3.05) is 5.32 Å². The van der Waals surface area contributed by atoms with Gasteiger partial charge in [-0.05, 0) is 38.1 Å². The molecule has 3 aromatic rings. The Kier molecular flexibility index (Phi) is 6.34. The summed E-state index contributed by atoms with van der Waals surface area (Å²) in [4.78, 5) is 40.6. The number of benzene rings is 2. The lowest BCUT2D eigenvalue weighted by atomic mass is 10.1. The zero-order chi connectivity index (χ0) is 20.8. The Morgan fingerprint density at radius 1 is 1.00 bits per heavy atom. The first-order valence-electron chi connectivity index (χ1n) is 9.39. The molecule has 1 heterocycles. The van der Waals surface area contributed by atoms with Crippen LogP contribution in [0, 0.1) is 0 Å². The largest absolute Gasteiger partial charge is 0.453 e. The molecule has 3 rings (SSSR count). The molecule has 1 atom stereocenters. The summed E-state index contributed by atoms with van der Waals surface area (Å²) in [6.07, 6.45) is -0.440. The van der Waals surface area contributed by atoms with Crippen molar-refractivity contribution in [1.29, 1.82) is 0 Å². The molecule has 0 radical (unpaired) electrons. The van der Waals surface area contributed by atoms with Crippen LogP contribution in [-0.2, 0) is 20.7 Å². The van der Waals surface area contributed by atoms with Gasteiger partial charge in [0.15, 0.2) is 11.9 Å². The van der Waals surface area contributed by atoms with Crippen molar-refractivity contribution in [1.82, 2.24) is 4.98 Å². The quantitative estimate of drug-likeness (QED) is 0.488. The van der Waals surface area contributed by atoms with Gasteiger partial charge in [-0.2, -0.15) is 0 Å². The number of carbonyl (C=O) groups excluding carboxylic acids is 3. The van der Waals surface area contributed by atoms with Crippen LogP contribution in [0.1, 0.15) is 36.3 Å². The van der Waals surface area contributed by atoms with E-state index in [1.165, 1.54) is 13.8 Å². The number of pyridine rings is 1. The number of aryl methyl sites for hydroxylation is 1. The molecular formula is C23H22N2O4. The highest BCUT2D eigenvalue weighted by Gasteiger charge is 2.19. The maximum Gasteiger partial charge on any atom is 0.306 e. The van der Waals surface area contributed by atoms with Gasteiger partial charge in [0.05, 0.1) is 17.6 Å². The van der Waals surface area contributed by atoms with E-state index in [4.69, 9.17) is 4.74 Å². The zero-order valence-corrected chi connectivity index (χ0v) is 16.3. The Morgan fingerprint density at radius 3 is 2.52 bits per heavy atom. The van der Waals surface area contributed by atoms with Crippen LogP contribution in [0.15, 0.2) is 60.7 Å². The van der Waals surface area contributed by atoms with E-state index in [1.807, 2.05) is 36.4 Å². The van der Waals surface area contributed by atoms with Crippen molar-refractivity contribution in [2.24, 2.45) is 0 Å². The molecule has 0 fully saturated rings. The van der Waals surface area contributed by atoms with Gasteiger partial charge in [0.25, 0.3) is 5.91 Å². The Bertz CT molecular complexity index is 1060. The van der Waals surface area contributed by atoms with Crippen LogP contribution in [0.5, 0.6) is 0 Å². The normalized spacial score (nSPS) is 11.7. The number of anilines is 1. The molecule has 1 amide bonds. The van der Waals surface area contributed by atoms with Gasteiger partial charge in [-0.25, -0.2) is 0 Å². The maximum atomic E-state index is 12.3. The van der Waals surface area contributed by atoms with Gasteiger partial charge in [0.1, 0.15) is 0 Å². The van der Waals surface area contributed by atoms with Crippen molar-refractivity contribution < 1.29 is 19.1 Å². The Labute approximate surface area is 168 Å². The lowest BCUT2D eigenvalue weighted by Crippen LogP contribution is -2.30. The van der Waals surface area contributed by atoms with E-state index < -0.39 is 18.0 Å². The molecule has 29 heavy (non-hydrogen) atoms. The van der Waals surface area contributed by atoms with Gasteiger partial charge in [0, 0.05) is 23.1 Å². The number of aromatic nitrogens is 1. The summed E-state index contributed by atoms with van der Waals surface area (Å²) < 4.78 is 5.23. The third-order valence-corrected chi connectivity index (χ3v) is 4.48. The number of fused-ring (bicyclic) bond motifs is 1. The average molecular weight is 390 g/mol. The minimum Gasteiger partial charge on any atom is -0.453 e. The van der Waals surface area contributed by atoms with E-state index in [0.717, 1.165) is 16.6 Å². The number of esters is 1. The summed E-state index contributed by atoms with van der Waals surface area (Å²) in [6.45, 7) is 2.92. The second-order valence-electron chi connectivity index (χ2n) is 6.72.